The zero-order chi connectivity index (χ0) is 16.2. The van der Waals surface area contributed by atoms with Crippen LogP contribution in [0.25, 0.3) is 0 Å². The molecular weight excluding hydrogens is 294 g/mol. The monoisotopic (exact) mass is 311 g/mol. The van der Waals surface area contributed by atoms with Gasteiger partial charge in [0, 0.05) is 25.3 Å². The highest BCUT2D eigenvalue weighted by molar-refractivity contribution is 5.93. The Hall–Kier alpha value is -2.95. The molecule has 1 saturated heterocycles. The number of pyridine rings is 1. The normalized spacial score (nSPS) is 15.2. The third-order valence-corrected chi connectivity index (χ3v) is 3.97. The Labute approximate surface area is 133 Å². The van der Waals surface area contributed by atoms with Crippen molar-refractivity contribution >= 4 is 11.7 Å². The molecule has 0 spiro atoms. The molecule has 2 aromatic heterocycles. The smallest absolute Gasteiger partial charge is 0.273 e. The molecule has 1 fully saturated rings. The van der Waals surface area contributed by atoms with Gasteiger partial charge < -0.3 is 10.2 Å². The first-order chi connectivity index (χ1) is 11.2. The molecule has 118 valence electrons. The molecule has 2 N–H and O–H groups in total. The van der Waals surface area contributed by atoms with Crippen molar-refractivity contribution in [2.75, 3.05) is 18.0 Å². The van der Waals surface area contributed by atoms with Crippen molar-refractivity contribution in [2.45, 2.75) is 25.8 Å². The number of carbonyl (C=O) groups excluding carboxylic acids is 1. The highest BCUT2D eigenvalue weighted by Crippen LogP contribution is 2.21. The standard InChI is InChI=1S/C15H17N7O/c1-10-13(20-21-19-10)15(23)18-12-4-7-22(8-5-12)14-11(9-16)3-2-6-17-14/h2-3,6,12H,4-5,7-8H2,1H3,(H,18,23)(H,19,20,21). The van der Waals surface area contributed by atoms with Crippen LogP contribution in [0, 0.1) is 18.3 Å². The number of aromatic nitrogens is 4. The van der Waals surface area contributed by atoms with E-state index >= 15 is 0 Å². The second-order valence-electron chi connectivity index (χ2n) is 5.48. The lowest BCUT2D eigenvalue weighted by Crippen LogP contribution is -2.45. The summed E-state index contributed by atoms with van der Waals surface area (Å²) in [6.45, 7) is 3.23. The van der Waals surface area contributed by atoms with Gasteiger partial charge >= 0.3 is 0 Å². The van der Waals surface area contributed by atoms with E-state index in [2.05, 4.69) is 36.7 Å². The summed E-state index contributed by atoms with van der Waals surface area (Å²) in [5.74, 6) is 0.511. The van der Waals surface area contributed by atoms with Crippen LogP contribution < -0.4 is 10.2 Å². The fourth-order valence-corrected chi connectivity index (χ4v) is 2.72. The van der Waals surface area contributed by atoms with Crippen LogP contribution >= 0.6 is 0 Å². The van der Waals surface area contributed by atoms with Crippen LogP contribution in [-0.2, 0) is 0 Å². The summed E-state index contributed by atoms with van der Waals surface area (Å²) >= 11 is 0. The number of amides is 1. The summed E-state index contributed by atoms with van der Waals surface area (Å²) in [5, 5.41) is 22.3. The van der Waals surface area contributed by atoms with Gasteiger partial charge in [-0.15, -0.1) is 0 Å². The fourth-order valence-electron chi connectivity index (χ4n) is 2.72. The number of carbonyl (C=O) groups is 1. The van der Waals surface area contributed by atoms with E-state index in [1.165, 1.54) is 0 Å². The van der Waals surface area contributed by atoms with Crippen molar-refractivity contribution in [3.8, 4) is 6.07 Å². The Morgan fingerprint density at radius 2 is 2.22 bits per heavy atom. The molecule has 1 aliphatic heterocycles. The topological polar surface area (TPSA) is 111 Å². The Morgan fingerprint density at radius 1 is 1.43 bits per heavy atom. The zero-order valence-corrected chi connectivity index (χ0v) is 12.8. The summed E-state index contributed by atoms with van der Waals surface area (Å²) in [6.07, 6.45) is 3.28. The van der Waals surface area contributed by atoms with Crippen molar-refractivity contribution < 1.29 is 4.79 Å². The molecule has 23 heavy (non-hydrogen) atoms. The van der Waals surface area contributed by atoms with Crippen LogP contribution in [0.2, 0.25) is 0 Å². The van der Waals surface area contributed by atoms with Crippen LogP contribution in [0.15, 0.2) is 18.3 Å². The van der Waals surface area contributed by atoms with Gasteiger partial charge in [0.25, 0.3) is 5.91 Å². The number of anilines is 1. The number of aryl methyl sites for hydroxylation is 1. The lowest BCUT2D eigenvalue weighted by Gasteiger charge is -2.33. The summed E-state index contributed by atoms with van der Waals surface area (Å²) in [6, 6.07) is 5.78. The Kier molecular flexibility index (Phi) is 4.19. The second kappa shape index (κ2) is 6.44. The third-order valence-electron chi connectivity index (χ3n) is 3.97. The highest BCUT2D eigenvalue weighted by Gasteiger charge is 2.24. The third kappa shape index (κ3) is 3.13. The number of hydrogen-bond donors (Lipinski definition) is 2. The first-order valence-electron chi connectivity index (χ1n) is 7.47. The van der Waals surface area contributed by atoms with E-state index in [-0.39, 0.29) is 11.9 Å². The number of piperidine rings is 1. The molecule has 1 aliphatic rings. The average Bonchev–Trinajstić information content (AvgIpc) is 3.02. The molecular formula is C15H17N7O. The van der Waals surface area contributed by atoms with E-state index in [9.17, 15) is 4.79 Å². The van der Waals surface area contributed by atoms with E-state index in [1.807, 2.05) is 0 Å². The van der Waals surface area contributed by atoms with Crippen LogP contribution in [0.5, 0.6) is 0 Å². The molecule has 3 rings (SSSR count). The number of nitriles is 1. The molecule has 0 saturated carbocycles. The Morgan fingerprint density at radius 3 is 2.87 bits per heavy atom. The van der Waals surface area contributed by atoms with Crippen LogP contribution in [0.3, 0.4) is 0 Å². The van der Waals surface area contributed by atoms with Crippen LogP contribution in [-0.4, -0.2) is 45.4 Å². The molecule has 0 bridgehead atoms. The minimum absolute atomic E-state index is 0.0871. The lowest BCUT2D eigenvalue weighted by atomic mass is 10.0. The minimum atomic E-state index is -0.203. The van der Waals surface area contributed by atoms with Gasteiger partial charge in [-0.3, -0.25) is 4.79 Å². The maximum absolute atomic E-state index is 12.1. The molecule has 0 atom stereocenters. The maximum Gasteiger partial charge on any atom is 0.273 e. The van der Waals surface area contributed by atoms with Gasteiger partial charge in [-0.25, -0.2) is 4.98 Å². The summed E-state index contributed by atoms with van der Waals surface area (Å²) in [7, 11) is 0. The van der Waals surface area contributed by atoms with Crippen molar-refractivity contribution in [3.05, 3.63) is 35.3 Å². The number of hydrogen-bond acceptors (Lipinski definition) is 6. The van der Waals surface area contributed by atoms with Crippen molar-refractivity contribution in [1.82, 2.24) is 25.7 Å². The average molecular weight is 311 g/mol. The number of rotatable bonds is 3. The quantitative estimate of drug-likeness (QED) is 0.866. The zero-order valence-electron chi connectivity index (χ0n) is 12.8. The van der Waals surface area contributed by atoms with Gasteiger partial charge in [0.1, 0.15) is 11.9 Å². The Balaban J connectivity index is 1.60. The summed E-state index contributed by atoms with van der Waals surface area (Å²) in [4.78, 5) is 18.5. The number of aromatic amines is 1. The predicted octanol–water partition coefficient (Wildman–Crippen LogP) is 0.779. The minimum Gasteiger partial charge on any atom is -0.355 e. The number of H-pyrrole nitrogens is 1. The van der Waals surface area contributed by atoms with Gasteiger partial charge in [-0.05, 0) is 31.9 Å². The first kappa shape index (κ1) is 15.0. The van der Waals surface area contributed by atoms with E-state index < -0.39 is 0 Å². The molecule has 0 aliphatic carbocycles. The Bertz CT molecular complexity index is 740. The predicted molar refractivity (Wildman–Crippen MR) is 82.8 cm³/mol. The molecule has 1 amide bonds. The molecule has 2 aromatic rings. The maximum atomic E-state index is 12.1. The van der Waals surface area contributed by atoms with Gasteiger partial charge in [-0.2, -0.15) is 20.7 Å². The lowest BCUT2D eigenvalue weighted by molar-refractivity contribution is 0.0925. The van der Waals surface area contributed by atoms with Gasteiger partial charge in [0.2, 0.25) is 0 Å². The van der Waals surface area contributed by atoms with E-state index in [4.69, 9.17) is 5.26 Å². The van der Waals surface area contributed by atoms with Gasteiger partial charge in [0.15, 0.2) is 5.69 Å². The molecule has 8 nitrogen and oxygen atoms in total. The first-order valence-corrected chi connectivity index (χ1v) is 7.47. The second-order valence-corrected chi connectivity index (χ2v) is 5.48. The molecule has 3 heterocycles. The van der Waals surface area contributed by atoms with Crippen LogP contribution in [0.1, 0.15) is 34.6 Å². The van der Waals surface area contributed by atoms with Crippen molar-refractivity contribution in [2.24, 2.45) is 0 Å². The number of nitrogens with one attached hydrogen (secondary N) is 2. The van der Waals surface area contributed by atoms with E-state index in [0.29, 0.717) is 22.8 Å². The fraction of sp³-hybridized carbons (Fsp3) is 0.400. The van der Waals surface area contributed by atoms with Gasteiger partial charge in [0.05, 0.1) is 11.3 Å². The van der Waals surface area contributed by atoms with E-state index in [1.54, 1.807) is 25.3 Å². The molecule has 0 unspecified atom stereocenters. The number of nitrogens with zero attached hydrogens (tertiary/aromatic N) is 5. The SMILES string of the molecule is Cc1n[nH]nc1C(=O)NC1CCN(c2ncccc2C#N)CC1. The van der Waals surface area contributed by atoms with Crippen molar-refractivity contribution in [3.63, 3.8) is 0 Å². The molecule has 0 aromatic carbocycles. The largest absolute Gasteiger partial charge is 0.355 e. The molecule has 0 radical (unpaired) electrons. The van der Waals surface area contributed by atoms with Crippen molar-refractivity contribution in [1.29, 1.82) is 5.26 Å². The summed E-state index contributed by atoms with van der Waals surface area (Å²) in [5.41, 5.74) is 1.50. The molecule has 8 heteroatoms. The highest BCUT2D eigenvalue weighted by atomic mass is 16.2. The van der Waals surface area contributed by atoms with E-state index in [0.717, 1.165) is 25.9 Å². The van der Waals surface area contributed by atoms with Crippen LogP contribution in [0.4, 0.5) is 5.82 Å². The van der Waals surface area contributed by atoms with Gasteiger partial charge in [-0.1, -0.05) is 0 Å². The summed E-state index contributed by atoms with van der Waals surface area (Å²) < 4.78 is 0.